The summed E-state index contributed by atoms with van der Waals surface area (Å²) in [5, 5.41) is 36.1. The molecule has 0 radical (unpaired) electrons. The van der Waals surface area contributed by atoms with Crippen molar-refractivity contribution < 1.29 is 77.0 Å². The molecule has 16 nitrogen and oxygen atoms in total. The molecule has 0 aromatic rings. The van der Waals surface area contributed by atoms with Crippen molar-refractivity contribution in [2.45, 2.75) is 243 Å². The Morgan fingerprint density at radius 1 is 0.708 bits per heavy atom. The topological polar surface area (TPSA) is 196 Å². The SMILES string of the molecule is CC[C@H](C)C(=O)O[C@@H](C)[C@]1(O)CC[C@]2(O)[C@@H]3CC[C@H]4C[C@@H](O[C@@H]5C[C@H](OC)[C@H](O[C@H]6C[C@H](OC)[C@H](O[C@H]7C[C@@H](OC)[C@H](O)[C@@H](C)O7)[C@@H](C)O6)[C@@H](C)O5)CC[C@]4(C)[C@H]3C[C@@H](OC(C)=O)[C@]12C. The number of aliphatic hydroxyl groups is 3. The summed E-state index contributed by atoms with van der Waals surface area (Å²) in [5.41, 5.74) is -4.36. The lowest BCUT2D eigenvalue weighted by atomic mass is 9.42. The Bertz CT molecular complexity index is 1640. The number of hydrogen-bond donors (Lipinski definition) is 3. The Hall–Kier alpha value is -1.54. The van der Waals surface area contributed by atoms with E-state index >= 15 is 0 Å². The van der Waals surface area contributed by atoms with Gasteiger partial charge in [0.25, 0.3) is 0 Å². The Kier molecular flexibility index (Phi) is 15.8. The zero-order valence-electron chi connectivity index (χ0n) is 41.1. The largest absolute Gasteiger partial charge is 0.462 e. The molecule has 3 aliphatic heterocycles. The molecule has 0 aromatic carbocycles. The molecule has 7 rings (SSSR count). The maximum Gasteiger partial charge on any atom is 0.309 e. The molecular formula is C49H82O16. The minimum atomic E-state index is -1.60. The highest BCUT2D eigenvalue weighted by Crippen LogP contribution is 2.71. The second-order valence-corrected chi connectivity index (χ2v) is 21.3. The Morgan fingerprint density at radius 3 is 1.82 bits per heavy atom. The minimum absolute atomic E-state index is 0.0391. The van der Waals surface area contributed by atoms with Crippen molar-refractivity contribution in [2.75, 3.05) is 21.3 Å². The van der Waals surface area contributed by atoms with Crippen LogP contribution in [0.5, 0.6) is 0 Å². The van der Waals surface area contributed by atoms with Gasteiger partial charge in [-0.3, -0.25) is 9.59 Å². The van der Waals surface area contributed by atoms with Crippen LogP contribution >= 0.6 is 0 Å². The molecule has 65 heavy (non-hydrogen) atoms. The third-order valence-corrected chi connectivity index (χ3v) is 18.1. The van der Waals surface area contributed by atoms with Crippen LogP contribution in [0.15, 0.2) is 0 Å². The summed E-state index contributed by atoms with van der Waals surface area (Å²) in [6, 6.07) is 0. The molecule has 7 aliphatic rings. The van der Waals surface area contributed by atoms with E-state index in [9.17, 15) is 24.9 Å². The molecular weight excluding hydrogens is 845 g/mol. The second-order valence-electron chi connectivity index (χ2n) is 21.3. The molecule has 3 heterocycles. The van der Waals surface area contributed by atoms with Crippen molar-refractivity contribution in [1.82, 2.24) is 0 Å². The predicted molar refractivity (Wildman–Crippen MR) is 234 cm³/mol. The number of aliphatic hydroxyl groups excluding tert-OH is 1. The fourth-order valence-electron chi connectivity index (χ4n) is 13.8. The fraction of sp³-hybridized carbons (Fsp3) is 0.959. The molecule has 23 atom stereocenters. The second kappa shape index (κ2) is 20.1. The van der Waals surface area contributed by atoms with Gasteiger partial charge in [0, 0.05) is 47.5 Å². The Balaban J connectivity index is 0.969. The highest BCUT2D eigenvalue weighted by atomic mass is 16.7. The van der Waals surface area contributed by atoms with Crippen molar-refractivity contribution in [2.24, 2.45) is 34.5 Å². The predicted octanol–water partition coefficient (Wildman–Crippen LogP) is 5.36. The Morgan fingerprint density at radius 2 is 1.26 bits per heavy atom. The number of rotatable bonds is 14. The lowest BCUT2D eigenvalue weighted by Crippen LogP contribution is -2.72. The quantitative estimate of drug-likeness (QED) is 0.149. The van der Waals surface area contributed by atoms with Gasteiger partial charge in [0.05, 0.1) is 59.7 Å². The van der Waals surface area contributed by atoms with Crippen LogP contribution < -0.4 is 0 Å². The van der Waals surface area contributed by atoms with Crippen LogP contribution in [-0.4, -0.2) is 152 Å². The van der Waals surface area contributed by atoms with Gasteiger partial charge in [0.1, 0.15) is 36.1 Å². The minimum Gasteiger partial charge on any atom is -0.462 e. The van der Waals surface area contributed by atoms with Gasteiger partial charge in [0.2, 0.25) is 0 Å². The maximum atomic E-state index is 13.0. The Labute approximate surface area is 386 Å². The summed E-state index contributed by atoms with van der Waals surface area (Å²) < 4.78 is 68.2. The monoisotopic (exact) mass is 927 g/mol. The van der Waals surface area contributed by atoms with Gasteiger partial charge in [-0.1, -0.05) is 27.7 Å². The molecule has 0 unspecified atom stereocenters. The van der Waals surface area contributed by atoms with Gasteiger partial charge in [-0.15, -0.1) is 0 Å². The summed E-state index contributed by atoms with van der Waals surface area (Å²) in [7, 11) is 4.90. The number of ether oxygens (including phenoxy) is 11. The first kappa shape index (κ1) is 51.3. The summed E-state index contributed by atoms with van der Waals surface area (Å²) in [4.78, 5) is 25.8. The van der Waals surface area contributed by atoms with Crippen molar-refractivity contribution in [3.63, 3.8) is 0 Å². The maximum absolute atomic E-state index is 13.0. The van der Waals surface area contributed by atoms with Gasteiger partial charge in [-0.2, -0.15) is 0 Å². The van der Waals surface area contributed by atoms with Crippen LogP contribution in [0.25, 0.3) is 0 Å². The highest BCUT2D eigenvalue weighted by Gasteiger charge is 2.77. The number of carbonyl (C=O) groups excluding carboxylic acids is 2. The third kappa shape index (κ3) is 9.33. The van der Waals surface area contributed by atoms with Crippen LogP contribution in [0.2, 0.25) is 0 Å². The molecule has 7 fully saturated rings. The molecule has 0 bridgehead atoms. The lowest BCUT2D eigenvalue weighted by molar-refractivity contribution is -0.339. The summed E-state index contributed by atoms with van der Waals surface area (Å²) in [6.07, 6.45) is -0.200. The molecule has 374 valence electrons. The van der Waals surface area contributed by atoms with Crippen LogP contribution in [0.1, 0.15) is 139 Å². The van der Waals surface area contributed by atoms with E-state index in [0.717, 1.165) is 32.1 Å². The lowest BCUT2D eigenvalue weighted by Gasteiger charge is -2.66. The van der Waals surface area contributed by atoms with Crippen molar-refractivity contribution >= 4 is 11.9 Å². The van der Waals surface area contributed by atoms with Gasteiger partial charge in [0.15, 0.2) is 18.9 Å². The number of fused-ring (bicyclic) bond motifs is 5. The first-order valence-electron chi connectivity index (χ1n) is 24.7. The van der Waals surface area contributed by atoms with Gasteiger partial charge >= 0.3 is 11.9 Å². The van der Waals surface area contributed by atoms with Crippen LogP contribution in [0.4, 0.5) is 0 Å². The fourth-order valence-corrected chi connectivity index (χ4v) is 13.8. The molecule has 0 aromatic heterocycles. The van der Waals surface area contributed by atoms with E-state index in [0.29, 0.717) is 44.4 Å². The van der Waals surface area contributed by atoms with Gasteiger partial charge < -0.3 is 67.4 Å². The van der Waals surface area contributed by atoms with E-state index in [4.69, 9.17) is 52.1 Å². The number of carbonyl (C=O) groups is 2. The first-order valence-corrected chi connectivity index (χ1v) is 24.7. The van der Waals surface area contributed by atoms with Crippen LogP contribution in [0.3, 0.4) is 0 Å². The number of methoxy groups -OCH3 is 3. The van der Waals surface area contributed by atoms with E-state index in [1.54, 1.807) is 42.1 Å². The van der Waals surface area contributed by atoms with Crippen molar-refractivity contribution in [3.8, 4) is 0 Å². The zero-order chi connectivity index (χ0) is 47.4. The standard InChI is InChI=1S/C49H82O16/c1-13-25(2)45(52)61-29(6)48(53)18-19-49(54)33-15-14-31-20-32(16-17-46(31,8)34(33)21-38(47(48,49)9)62-30(7)50)63-39-23-36(56-11)43(27(4)59-39)65-41-24-37(57-12)44(28(5)60-41)64-40-22-35(55-10)42(51)26(3)58-40/h25-29,31-44,51,53-54H,13-24H2,1-12H3/t25-,26+,27+,28+,29-,31-,32-,33+,34-,35+,36-,37-,38+,39+,40-,41-,42+,43+,44+,46-,47+,48+,49-/m0/s1. The van der Waals surface area contributed by atoms with Crippen molar-refractivity contribution in [3.05, 3.63) is 0 Å². The molecule has 0 spiro atoms. The molecule has 4 aliphatic carbocycles. The highest BCUT2D eigenvalue weighted by molar-refractivity contribution is 5.72. The molecule has 3 saturated heterocycles. The van der Waals surface area contributed by atoms with E-state index in [1.807, 2.05) is 27.7 Å². The normalized spacial score (nSPS) is 49.7. The number of esters is 2. The third-order valence-electron chi connectivity index (χ3n) is 18.1. The van der Waals surface area contributed by atoms with Gasteiger partial charge in [-0.25, -0.2) is 0 Å². The van der Waals surface area contributed by atoms with E-state index in [-0.39, 0.29) is 66.1 Å². The summed E-state index contributed by atoms with van der Waals surface area (Å²) in [5.74, 6) is -0.966. The first-order chi connectivity index (χ1) is 30.7. The molecule has 16 heteroatoms. The summed E-state index contributed by atoms with van der Waals surface area (Å²) in [6.45, 7) is 16.7. The molecule has 0 amide bonds. The summed E-state index contributed by atoms with van der Waals surface area (Å²) >= 11 is 0. The van der Waals surface area contributed by atoms with Crippen molar-refractivity contribution in [1.29, 1.82) is 0 Å². The van der Waals surface area contributed by atoms with Crippen LogP contribution in [0, 0.1) is 34.5 Å². The van der Waals surface area contributed by atoms with Crippen LogP contribution in [-0.2, 0) is 61.7 Å². The van der Waals surface area contributed by atoms with E-state index < -0.39 is 84.2 Å². The smallest absolute Gasteiger partial charge is 0.309 e. The van der Waals surface area contributed by atoms with E-state index in [2.05, 4.69) is 6.92 Å². The average Bonchev–Trinajstić information content (AvgIpc) is 3.49. The number of hydrogen-bond acceptors (Lipinski definition) is 16. The average molecular weight is 927 g/mol. The molecule has 4 saturated carbocycles. The molecule has 3 N–H and O–H groups in total. The zero-order valence-corrected chi connectivity index (χ0v) is 41.1. The van der Waals surface area contributed by atoms with E-state index in [1.165, 1.54) is 6.92 Å². The van der Waals surface area contributed by atoms with Gasteiger partial charge in [-0.05, 0) is 109 Å².